The fourth-order valence-corrected chi connectivity index (χ4v) is 6.44. The highest BCUT2D eigenvalue weighted by Gasteiger charge is 2.24. The van der Waals surface area contributed by atoms with Crippen molar-refractivity contribution >= 4 is 39.0 Å². The van der Waals surface area contributed by atoms with Crippen molar-refractivity contribution in [2.45, 2.75) is 28.7 Å². The molecule has 160 valence electrons. The van der Waals surface area contributed by atoms with Gasteiger partial charge in [0.15, 0.2) is 0 Å². The van der Waals surface area contributed by atoms with E-state index in [-0.39, 0.29) is 13.2 Å². The molecule has 6 nitrogen and oxygen atoms in total. The van der Waals surface area contributed by atoms with Gasteiger partial charge in [-0.1, -0.05) is 6.42 Å². The van der Waals surface area contributed by atoms with Crippen molar-refractivity contribution in [2.75, 3.05) is 18.9 Å². The van der Waals surface area contributed by atoms with E-state index in [2.05, 4.69) is 11.2 Å². The zero-order valence-electron chi connectivity index (χ0n) is 17.2. The summed E-state index contributed by atoms with van der Waals surface area (Å²) in [5.41, 5.74) is 11.5. The van der Waals surface area contributed by atoms with Crippen molar-refractivity contribution in [3.8, 4) is 28.1 Å². The summed E-state index contributed by atoms with van der Waals surface area (Å²) in [6, 6.07) is 9.90. The zero-order valence-corrected chi connectivity index (χ0v) is 18.9. The lowest BCUT2D eigenvalue weighted by atomic mass is 10.0. The van der Waals surface area contributed by atoms with Crippen molar-refractivity contribution in [1.29, 1.82) is 0 Å². The number of aryl methyl sites for hydroxylation is 1. The lowest BCUT2D eigenvalue weighted by Gasteiger charge is -2.23. The number of fused-ring (bicyclic) bond motifs is 1. The second kappa shape index (κ2) is 8.53. The summed E-state index contributed by atoms with van der Waals surface area (Å²) in [5.74, 6) is 0.728. The van der Waals surface area contributed by atoms with Crippen LogP contribution in [0.5, 0.6) is 5.75 Å². The zero-order chi connectivity index (χ0) is 21.4. The fourth-order valence-electron chi connectivity index (χ4n) is 3.65. The molecule has 4 aromatic rings. The van der Waals surface area contributed by atoms with E-state index in [0.717, 1.165) is 44.0 Å². The van der Waals surface area contributed by atoms with Crippen LogP contribution >= 0.6 is 23.1 Å². The number of thioether (sulfide) groups is 1. The summed E-state index contributed by atoms with van der Waals surface area (Å²) < 4.78 is 8.46. The number of benzene rings is 1. The van der Waals surface area contributed by atoms with Crippen LogP contribution < -0.4 is 10.5 Å². The van der Waals surface area contributed by atoms with Gasteiger partial charge in [-0.2, -0.15) is 5.10 Å². The number of ether oxygens (including phenoxy) is 1. The second-order valence-corrected chi connectivity index (χ2v) is 10.3. The van der Waals surface area contributed by atoms with Crippen LogP contribution in [0.15, 0.2) is 46.9 Å². The Morgan fingerprint density at radius 1 is 1.26 bits per heavy atom. The van der Waals surface area contributed by atoms with Crippen molar-refractivity contribution in [2.24, 2.45) is 7.05 Å². The van der Waals surface area contributed by atoms with E-state index in [1.54, 1.807) is 16.0 Å². The van der Waals surface area contributed by atoms with Gasteiger partial charge >= 0.3 is 0 Å². The molecule has 31 heavy (non-hydrogen) atoms. The van der Waals surface area contributed by atoms with Crippen molar-refractivity contribution in [1.82, 2.24) is 14.8 Å². The van der Waals surface area contributed by atoms with Gasteiger partial charge in [0.1, 0.15) is 17.2 Å². The molecule has 8 heteroatoms. The quantitative estimate of drug-likeness (QED) is 0.412. The van der Waals surface area contributed by atoms with Gasteiger partial charge in [-0.15, -0.1) is 23.1 Å². The van der Waals surface area contributed by atoms with E-state index in [1.165, 1.54) is 23.5 Å². The summed E-state index contributed by atoms with van der Waals surface area (Å²) in [5, 5.41) is 15.0. The Balaban J connectivity index is 1.60. The molecule has 0 atom stereocenters. The number of nitrogens with zero attached hydrogens (tertiary/aromatic N) is 3. The Bertz CT molecular complexity index is 1210. The number of hydrogen-bond acceptors (Lipinski definition) is 7. The van der Waals surface area contributed by atoms with Gasteiger partial charge in [0.05, 0.1) is 28.4 Å². The van der Waals surface area contributed by atoms with E-state index in [4.69, 9.17) is 20.6 Å². The molecule has 1 aliphatic rings. The molecule has 3 aromatic heterocycles. The Labute approximate surface area is 189 Å². The average molecular weight is 453 g/mol. The molecule has 0 amide bonds. The van der Waals surface area contributed by atoms with E-state index in [1.807, 2.05) is 55.5 Å². The number of rotatable bonds is 7. The molecule has 3 N–H and O–H groups in total. The van der Waals surface area contributed by atoms with Crippen LogP contribution in [-0.2, 0) is 7.05 Å². The third kappa shape index (κ3) is 4.03. The lowest BCUT2D eigenvalue weighted by Crippen LogP contribution is -2.12. The average Bonchev–Trinajstić information content (AvgIpc) is 3.32. The topological polar surface area (TPSA) is 86.2 Å². The minimum absolute atomic E-state index is 0.00452. The number of thiophene rings is 1. The molecule has 0 radical (unpaired) electrons. The molecule has 0 aliphatic heterocycles. The highest BCUT2D eigenvalue weighted by atomic mass is 32.2. The van der Waals surface area contributed by atoms with Gasteiger partial charge in [-0.05, 0) is 48.7 Å². The highest BCUT2D eigenvalue weighted by molar-refractivity contribution is 8.02. The van der Waals surface area contributed by atoms with E-state index in [0.29, 0.717) is 5.25 Å². The molecule has 5 rings (SSSR count). The molecule has 3 heterocycles. The molecule has 1 aromatic carbocycles. The number of anilines is 1. The molecule has 1 fully saturated rings. The molecular formula is C23H24N4O2S2. The third-order valence-corrected chi connectivity index (χ3v) is 8.19. The second-order valence-electron chi connectivity index (χ2n) is 7.71. The van der Waals surface area contributed by atoms with Crippen LogP contribution in [0.4, 0.5) is 5.69 Å². The van der Waals surface area contributed by atoms with E-state index in [9.17, 15) is 0 Å². The Morgan fingerprint density at radius 2 is 2.06 bits per heavy atom. The first-order valence-electron chi connectivity index (χ1n) is 10.3. The number of pyridine rings is 1. The first-order valence-corrected chi connectivity index (χ1v) is 12.0. The number of aliphatic hydroxyl groups excluding tert-OH is 1. The SMILES string of the molecule is Cn1cc(-c2cc(-c3ccc(OCCO)cc3)nc3sc(SC4CCC4)c(N)c23)cn1. The van der Waals surface area contributed by atoms with Gasteiger partial charge in [-0.3, -0.25) is 4.68 Å². The number of aliphatic hydroxyl groups is 1. The van der Waals surface area contributed by atoms with Gasteiger partial charge in [0, 0.05) is 35.0 Å². The van der Waals surface area contributed by atoms with Gasteiger partial charge < -0.3 is 15.6 Å². The monoisotopic (exact) mass is 452 g/mol. The highest BCUT2D eigenvalue weighted by Crippen LogP contribution is 2.48. The molecule has 0 unspecified atom stereocenters. The maximum Gasteiger partial charge on any atom is 0.127 e. The minimum atomic E-state index is -0.00452. The van der Waals surface area contributed by atoms with Crippen LogP contribution in [0.1, 0.15) is 19.3 Å². The number of hydrogen-bond donors (Lipinski definition) is 2. The van der Waals surface area contributed by atoms with Crippen LogP contribution in [0.25, 0.3) is 32.6 Å². The summed E-state index contributed by atoms with van der Waals surface area (Å²) in [4.78, 5) is 5.93. The maximum atomic E-state index is 8.95. The molecule has 0 saturated heterocycles. The summed E-state index contributed by atoms with van der Waals surface area (Å²) in [6.07, 6.45) is 7.72. The maximum absolute atomic E-state index is 8.95. The molecular weight excluding hydrogens is 428 g/mol. The number of aromatic nitrogens is 3. The molecule has 0 spiro atoms. The predicted octanol–water partition coefficient (Wildman–Crippen LogP) is 4.96. The van der Waals surface area contributed by atoms with Crippen LogP contribution in [0, 0.1) is 0 Å². The van der Waals surface area contributed by atoms with Crippen molar-refractivity contribution < 1.29 is 9.84 Å². The third-order valence-electron chi connectivity index (χ3n) is 5.52. The first kappa shape index (κ1) is 20.4. The predicted molar refractivity (Wildman–Crippen MR) is 128 cm³/mol. The smallest absolute Gasteiger partial charge is 0.127 e. The largest absolute Gasteiger partial charge is 0.491 e. The standard InChI is InChI=1S/C23H24N4O2S2/c1-27-13-15(12-25-27)18-11-19(14-5-7-16(8-6-14)29-10-9-28)26-22-20(18)21(24)23(31-22)30-17-3-2-4-17/h5-8,11-13,17,28H,2-4,9-10,24H2,1H3. The van der Waals surface area contributed by atoms with Gasteiger partial charge in [0.25, 0.3) is 0 Å². The number of nitrogen functional groups attached to an aromatic ring is 1. The molecule has 0 bridgehead atoms. The normalized spacial score (nSPS) is 14.1. The minimum Gasteiger partial charge on any atom is -0.491 e. The van der Waals surface area contributed by atoms with Crippen molar-refractivity contribution in [3.63, 3.8) is 0 Å². The Hall–Kier alpha value is -2.55. The van der Waals surface area contributed by atoms with Crippen LogP contribution in [0.3, 0.4) is 0 Å². The fraction of sp³-hybridized carbons (Fsp3) is 0.304. The summed E-state index contributed by atoms with van der Waals surface area (Å²) in [6.45, 7) is 0.278. The summed E-state index contributed by atoms with van der Waals surface area (Å²) >= 11 is 3.59. The van der Waals surface area contributed by atoms with Crippen LogP contribution in [-0.4, -0.2) is 38.3 Å². The summed E-state index contributed by atoms with van der Waals surface area (Å²) in [7, 11) is 1.92. The molecule has 1 aliphatic carbocycles. The molecule has 1 saturated carbocycles. The van der Waals surface area contributed by atoms with Gasteiger partial charge in [0.2, 0.25) is 0 Å². The van der Waals surface area contributed by atoms with E-state index >= 15 is 0 Å². The van der Waals surface area contributed by atoms with Crippen molar-refractivity contribution in [3.05, 3.63) is 42.7 Å². The first-order chi connectivity index (χ1) is 15.1. The Kier molecular flexibility index (Phi) is 5.60. The van der Waals surface area contributed by atoms with Crippen LogP contribution in [0.2, 0.25) is 0 Å². The number of nitrogens with two attached hydrogens (primary N) is 1. The van der Waals surface area contributed by atoms with E-state index < -0.39 is 0 Å². The lowest BCUT2D eigenvalue weighted by molar-refractivity contribution is 0.201. The van der Waals surface area contributed by atoms with Gasteiger partial charge in [-0.25, -0.2) is 4.98 Å². The Morgan fingerprint density at radius 3 is 2.71 bits per heavy atom.